The minimum atomic E-state index is 0.372. The smallest absolute Gasteiger partial charge is 0.258 e. The van der Waals surface area contributed by atoms with Gasteiger partial charge in [0.25, 0.3) is 5.89 Å². The summed E-state index contributed by atoms with van der Waals surface area (Å²) in [5.41, 5.74) is 3.76. The molecule has 5 aromatic rings. The van der Waals surface area contributed by atoms with E-state index < -0.39 is 0 Å². The summed E-state index contributed by atoms with van der Waals surface area (Å²) in [5.74, 6) is 1.92. The number of aromatic nitrogens is 5. The molecule has 7 nitrogen and oxygen atoms in total. The molecule has 0 amide bonds. The zero-order chi connectivity index (χ0) is 21.9. The first-order chi connectivity index (χ1) is 15.7. The van der Waals surface area contributed by atoms with Gasteiger partial charge in [0.1, 0.15) is 0 Å². The lowest BCUT2D eigenvalue weighted by molar-refractivity contribution is 0.198. The third-order valence-electron chi connectivity index (χ3n) is 5.49. The van der Waals surface area contributed by atoms with Crippen molar-refractivity contribution in [2.45, 2.75) is 33.0 Å². The molecule has 0 fully saturated rings. The summed E-state index contributed by atoms with van der Waals surface area (Å²) >= 11 is 0. The molecule has 0 saturated heterocycles. The average molecular weight is 425 g/mol. The Labute approximate surface area is 186 Å². The number of hydrogen-bond donors (Lipinski definition) is 0. The van der Waals surface area contributed by atoms with Crippen LogP contribution in [-0.4, -0.2) is 35.7 Å². The monoisotopic (exact) mass is 424 g/mol. The fourth-order valence-electron chi connectivity index (χ4n) is 3.65. The van der Waals surface area contributed by atoms with E-state index in [1.165, 1.54) is 5.56 Å². The number of nitrogens with zero attached hydrogens (tertiary/aromatic N) is 6. The van der Waals surface area contributed by atoms with Crippen molar-refractivity contribution in [3.05, 3.63) is 90.4 Å². The van der Waals surface area contributed by atoms with Gasteiger partial charge in [0.2, 0.25) is 5.82 Å². The lowest BCUT2D eigenvalue weighted by atomic mass is 10.2. The fourth-order valence-corrected chi connectivity index (χ4v) is 3.65. The largest absolute Gasteiger partial charge is 0.334 e. The van der Waals surface area contributed by atoms with E-state index in [1.54, 1.807) is 0 Å². The number of fused-ring (bicyclic) bond motifs is 1. The third kappa shape index (κ3) is 4.15. The summed E-state index contributed by atoms with van der Waals surface area (Å²) in [6.45, 7) is 5.95. The first kappa shape index (κ1) is 20.1. The maximum Gasteiger partial charge on any atom is 0.258 e. The Bertz CT molecular complexity index is 1310. The van der Waals surface area contributed by atoms with Crippen molar-refractivity contribution in [3.63, 3.8) is 0 Å². The van der Waals surface area contributed by atoms with E-state index in [9.17, 15) is 0 Å². The molecule has 0 N–H and O–H groups in total. The van der Waals surface area contributed by atoms with Gasteiger partial charge in [-0.2, -0.15) is 4.98 Å². The molecular formula is C25H24N6O. The summed E-state index contributed by atoms with van der Waals surface area (Å²) in [4.78, 5) is 6.92. The highest BCUT2D eigenvalue weighted by Crippen LogP contribution is 2.23. The molecule has 0 spiro atoms. The van der Waals surface area contributed by atoms with Crippen LogP contribution in [0.25, 0.3) is 28.5 Å². The van der Waals surface area contributed by atoms with Crippen LogP contribution in [0.3, 0.4) is 0 Å². The Balaban J connectivity index is 1.38. The second-order valence-electron chi connectivity index (χ2n) is 8.03. The predicted molar refractivity (Wildman–Crippen MR) is 123 cm³/mol. The molecule has 0 unspecified atom stereocenters. The van der Waals surface area contributed by atoms with E-state index in [1.807, 2.05) is 59.1 Å². The molecule has 5 rings (SSSR count). The zero-order valence-corrected chi connectivity index (χ0v) is 18.1. The van der Waals surface area contributed by atoms with Crippen LogP contribution < -0.4 is 0 Å². The van der Waals surface area contributed by atoms with E-state index in [0.29, 0.717) is 24.3 Å². The molecule has 3 aromatic heterocycles. The van der Waals surface area contributed by atoms with E-state index in [2.05, 4.69) is 63.4 Å². The Morgan fingerprint density at radius 1 is 0.875 bits per heavy atom. The fraction of sp³-hybridized carbons (Fsp3) is 0.200. The van der Waals surface area contributed by atoms with Gasteiger partial charge >= 0.3 is 0 Å². The number of rotatable bonds is 7. The lowest BCUT2D eigenvalue weighted by Crippen LogP contribution is -2.30. The summed E-state index contributed by atoms with van der Waals surface area (Å²) in [6.07, 6.45) is 1.97. The second-order valence-corrected chi connectivity index (χ2v) is 8.03. The van der Waals surface area contributed by atoms with Crippen LogP contribution in [0.4, 0.5) is 0 Å². The van der Waals surface area contributed by atoms with Crippen molar-refractivity contribution in [3.8, 4) is 22.8 Å². The Kier molecular flexibility index (Phi) is 5.47. The normalized spacial score (nSPS) is 11.6. The van der Waals surface area contributed by atoms with Gasteiger partial charge in [-0.05, 0) is 31.5 Å². The topological polar surface area (TPSA) is 72.3 Å². The molecule has 2 aromatic carbocycles. The Hall–Kier alpha value is -3.84. The number of pyridine rings is 1. The maximum atomic E-state index is 5.50. The van der Waals surface area contributed by atoms with Crippen LogP contribution in [-0.2, 0) is 13.1 Å². The third-order valence-corrected chi connectivity index (χ3v) is 5.49. The molecule has 0 saturated carbocycles. The highest BCUT2D eigenvalue weighted by Gasteiger charge is 2.17. The van der Waals surface area contributed by atoms with Crippen LogP contribution >= 0.6 is 0 Å². The minimum Gasteiger partial charge on any atom is -0.334 e. The summed E-state index contributed by atoms with van der Waals surface area (Å²) < 4.78 is 7.51. The van der Waals surface area contributed by atoms with E-state index >= 15 is 0 Å². The van der Waals surface area contributed by atoms with Crippen molar-refractivity contribution >= 4 is 5.65 Å². The average Bonchev–Trinajstić information content (AvgIpc) is 3.47. The second kappa shape index (κ2) is 8.72. The molecule has 0 aliphatic carbocycles. The minimum absolute atomic E-state index is 0.372. The molecule has 0 atom stereocenters. The molecule has 160 valence electrons. The number of benzene rings is 2. The predicted octanol–water partition coefficient (Wildman–Crippen LogP) is 4.86. The Morgan fingerprint density at radius 2 is 1.62 bits per heavy atom. The zero-order valence-electron chi connectivity index (χ0n) is 18.1. The molecule has 0 radical (unpaired) electrons. The van der Waals surface area contributed by atoms with Gasteiger partial charge in [0.15, 0.2) is 11.5 Å². The quantitative estimate of drug-likeness (QED) is 0.372. The molecule has 0 aliphatic rings. The molecular weight excluding hydrogens is 400 g/mol. The molecule has 3 heterocycles. The van der Waals surface area contributed by atoms with Gasteiger partial charge in [-0.25, -0.2) is 0 Å². The van der Waals surface area contributed by atoms with Crippen LogP contribution in [0, 0.1) is 0 Å². The van der Waals surface area contributed by atoms with Crippen LogP contribution in [0.2, 0.25) is 0 Å². The van der Waals surface area contributed by atoms with Gasteiger partial charge in [0.05, 0.1) is 6.54 Å². The van der Waals surface area contributed by atoms with E-state index in [-0.39, 0.29) is 0 Å². The molecule has 32 heavy (non-hydrogen) atoms. The van der Waals surface area contributed by atoms with Gasteiger partial charge in [-0.3, -0.25) is 9.30 Å². The Morgan fingerprint density at radius 3 is 2.38 bits per heavy atom. The highest BCUT2D eigenvalue weighted by atomic mass is 16.5. The molecule has 0 aliphatic heterocycles. The molecule has 0 bridgehead atoms. The molecule has 7 heteroatoms. The number of hydrogen-bond acceptors (Lipinski definition) is 6. The van der Waals surface area contributed by atoms with Crippen molar-refractivity contribution < 1.29 is 4.52 Å². The van der Waals surface area contributed by atoms with Crippen molar-refractivity contribution in [1.82, 2.24) is 29.6 Å². The van der Waals surface area contributed by atoms with Gasteiger partial charge < -0.3 is 4.52 Å². The summed E-state index contributed by atoms with van der Waals surface area (Å²) in [5, 5.41) is 12.9. The first-order valence-corrected chi connectivity index (χ1v) is 10.7. The standard InChI is InChI=1S/C25H24N6O/c1-18(2)30(16-19-9-5-3-6-10-19)17-23-28-27-22-15-21(13-14-31(22)23)25-26-24(29-32-25)20-11-7-4-8-12-20/h3-15,18H,16-17H2,1-2H3. The van der Waals surface area contributed by atoms with Crippen LogP contribution in [0.5, 0.6) is 0 Å². The van der Waals surface area contributed by atoms with Crippen molar-refractivity contribution in [2.75, 3.05) is 0 Å². The SMILES string of the molecule is CC(C)N(Cc1ccccc1)Cc1nnc2cc(-c3nc(-c4ccccc4)no3)ccn12. The summed E-state index contributed by atoms with van der Waals surface area (Å²) in [6, 6.07) is 24.5. The van der Waals surface area contributed by atoms with E-state index in [4.69, 9.17) is 4.52 Å². The summed E-state index contributed by atoms with van der Waals surface area (Å²) in [7, 11) is 0. The van der Waals surface area contributed by atoms with Gasteiger partial charge in [0, 0.05) is 29.9 Å². The van der Waals surface area contributed by atoms with Crippen molar-refractivity contribution in [1.29, 1.82) is 0 Å². The van der Waals surface area contributed by atoms with E-state index in [0.717, 1.165) is 29.1 Å². The maximum absolute atomic E-state index is 5.50. The van der Waals surface area contributed by atoms with Crippen LogP contribution in [0.1, 0.15) is 25.2 Å². The van der Waals surface area contributed by atoms with Crippen LogP contribution in [0.15, 0.2) is 83.5 Å². The van der Waals surface area contributed by atoms with Gasteiger partial charge in [-0.1, -0.05) is 65.8 Å². The lowest BCUT2D eigenvalue weighted by Gasteiger charge is -2.25. The van der Waals surface area contributed by atoms with Crippen molar-refractivity contribution in [2.24, 2.45) is 0 Å². The van der Waals surface area contributed by atoms with Gasteiger partial charge in [-0.15, -0.1) is 10.2 Å². The highest BCUT2D eigenvalue weighted by molar-refractivity contribution is 5.62. The first-order valence-electron chi connectivity index (χ1n) is 10.7.